The number of aromatic nitrogens is 1. The van der Waals surface area contributed by atoms with Gasteiger partial charge in [-0.25, -0.2) is 13.0 Å². The van der Waals surface area contributed by atoms with E-state index in [-0.39, 0.29) is 13.0 Å². The van der Waals surface area contributed by atoms with E-state index in [0.29, 0.717) is 6.54 Å². The van der Waals surface area contributed by atoms with Crippen LogP contribution >= 0.6 is 0 Å². The molecule has 0 aliphatic heterocycles. The lowest BCUT2D eigenvalue weighted by molar-refractivity contribution is -0.705. The Morgan fingerprint density at radius 2 is 2.13 bits per heavy atom. The van der Waals surface area contributed by atoms with E-state index in [1.165, 1.54) is 0 Å². The third kappa shape index (κ3) is 4.37. The first-order valence-corrected chi connectivity index (χ1v) is 6.12. The third-order valence-electron chi connectivity index (χ3n) is 1.98. The smallest absolute Gasteiger partial charge is 0.182 e. The lowest BCUT2D eigenvalue weighted by atomic mass is 10.3. The summed E-state index contributed by atoms with van der Waals surface area (Å²) in [4.78, 5) is 0. The Bertz CT molecular complexity index is 416. The molecule has 0 radical (unpaired) electrons. The van der Waals surface area contributed by atoms with E-state index in [1.807, 2.05) is 0 Å². The third-order valence-corrected chi connectivity index (χ3v) is 2.69. The fourth-order valence-corrected chi connectivity index (χ4v) is 1.75. The van der Waals surface area contributed by atoms with Gasteiger partial charge in [0.1, 0.15) is 6.61 Å². The van der Waals surface area contributed by atoms with Crippen LogP contribution in [-0.2, 0) is 23.1 Å². The molecule has 0 aliphatic carbocycles. The molecule has 15 heavy (non-hydrogen) atoms. The van der Waals surface area contributed by atoms with Crippen molar-refractivity contribution in [1.82, 2.24) is 0 Å². The summed E-state index contributed by atoms with van der Waals surface area (Å²) in [6.07, 6.45) is 1.91. The van der Waals surface area contributed by atoms with Crippen LogP contribution in [0.5, 0.6) is 0 Å². The van der Waals surface area contributed by atoms with Crippen molar-refractivity contribution in [2.24, 2.45) is 0 Å². The predicted molar refractivity (Wildman–Crippen MR) is 52.0 cm³/mol. The molecule has 0 fully saturated rings. The van der Waals surface area contributed by atoms with Crippen molar-refractivity contribution in [3.63, 3.8) is 0 Å². The van der Waals surface area contributed by atoms with Crippen molar-refractivity contribution >= 4 is 10.1 Å². The highest BCUT2D eigenvalue weighted by atomic mass is 32.2. The fourth-order valence-electron chi connectivity index (χ4n) is 1.29. The topological polar surface area (TPSA) is 81.3 Å². The Balaban J connectivity index is 2.75. The minimum Gasteiger partial charge on any atom is -0.748 e. The number of aryl methyl sites for hydroxylation is 1. The van der Waals surface area contributed by atoms with Gasteiger partial charge in [0, 0.05) is 24.3 Å². The van der Waals surface area contributed by atoms with Crippen LogP contribution in [0.15, 0.2) is 24.4 Å². The van der Waals surface area contributed by atoms with Gasteiger partial charge in [0.25, 0.3) is 0 Å². The van der Waals surface area contributed by atoms with E-state index < -0.39 is 15.9 Å². The van der Waals surface area contributed by atoms with Crippen molar-refractivity contribution in [2.45, 2.75) is 13.0 Å². The molecule has 0 spiro atoms. The maximum atomic E-state index is 10.5. The molecule has 1 aromatic rings. The molecule has 1 N–H and O–H groups in total. The maximum Gasteiger partial charge on any atom is 0.182 e. The second-order valence-electron chi connectivity index (χ2n) is 3.12. The molecule has 84 valence electrons. The number of nitrogens with zero attached hydrogens (tertiary/aromatic N) is 1. The van der Waals surface area contributed by atoms with Gasteiger partial charge in [0.2, 0.25) is 0 Å². The fraction of sp³-hybridized carbons (Fsp3) is 0.444. The van der Waals surface area contributed by atoms with Crippen LogP contribution < -0.4 is 4.57 Å². The molecule has 0 saturated carbocycles. The zero-order valence-corrected chi connectivity index (χ0v) is 8.98. The van der Waals surface area contributed by atoms with Gasteiger partial charge in [-0.05, 0) is 0 Å². The lowest BCUT2D eigenvalue weighted by Crippen LogP contribution is -2.40. The van der Waals surface area contributed by atoms with Crippen LogP contribution in [0.25, 0.3) is 0 Å². The van der Waals surface area contributed by atoms with Gasteiger partial charge >= 0.3 is 0 Å². The molecule has 0 bridgehead atoms. The molecule has 5 nitrogen and oxygen atoms in total. The minimum absolute atomic E-state index is 0.0220. The van der Waals surface area contributed by atoms with Crippen LogP contribution in [0.2, 0.25) is 0 Å². The summed E-state index contributed by atoms with van der Waals surface area (Å²) in [5.74, 6) is -0.414. The van der Waals surface area contributed by atoms with Crippen molar-refractivity contribution in [3.8, 4) is 0 Å². The van der Waals surface area contributed by atoms with Gasteiger partial charge in [-0.3, -0.25) is 0 Å². The molecule has 1 heterocycles. The molecular formula is C9H13NO4S. The van der Waals surface area contributed by atoms with Gasteiger partial charge in [-0.1, -0.05) is 6.07 Å². The summed E-state index contributed by atoms with van der Waals surface area (Å²) in [6, 6.07) is 5.28. The first-order chi connectivity index (χ1) is 7.03. The number of pyridine rings is 1. The minimum atomic E-state index is -4.18. The summed E-state index contributed by atoms with van der Waals surface area (Å²) in [6.45, 7) is 0.376. The highest BCUT2D eigenvalue weighted by Gasteiger charge is 2.09. The zero-order chi connectivity index (χ0) is 11.3. The highest BCUT2D eigenvalue weighted by Crippen LogP contribution is 1.96. The van der Waals surface area contributed by atoms with Crippen molar-refractivity contribution in [2.75, 3.05) is 12.4 Å². The molecular weight excluding hydrogens is 218 g/mol. The van der Waals surface area contributed by atoms with Gasteiger partial charge in [0.15, 0.2) is 18.4 Å². The van der Waals surface area contributed by atoms with Crippen molar-refractivity contribution in [1.29, 1.82) is 0 Å². The highest BCUT2D eigenvalue weighted by molar-refractivity contribution is 7.85. The van der Waals surface area contributed by atoms with E-state index in [9.17, 15) is 13.0 Å². The van der Waals surface area contributed by atoms with Crippen molar-refractivity contribution in [3.05, 3.63) is 30.1 Å². The van der Waals surface area contributed by atoms with Gasteiger partial charge < -0.3 is 9.66 Å². The number of hydrogen-bond donors (Lipinski definition) is 1. The van der Waals surface area contributed by atoms with E-state index >= 15 is 0 Å². The average Bonchev–Trinajstić information content (AvgIpc) is 2.16. The molecule has 0 aromatic carbocycles. The first-order valence-electron chi connectivity index (χ1n) is 4.55. The van der Waals surface area contributed by atoms with Crippen LogP contribution in [0.3, 0.4) is 0 Å². The number of rotatable bonds is 5. The number of aliphatic hydroxyl groups is 1. The van der Waals surface area contributed by atoms with Crippen LogP contribution in [0.1, 0.15) is 5.69 Å². The zero-order valence-electron chi connectivity index (χ0n) is 8.17. The predicted octanol–water partition coefficient (Wildman–Crippen LogP) is -0.946. The van der Waals surface area contributed by atoms with E-state index in [4.69, 9.17) is 5.11 Å². The van der Waals surface area contributed by atoms with Gasteiger partial charge in [0.05, 0.1) is 10.1 Å². The molecule has 0 unspecified atom stereocenters. The van der Waals surface area contributed by atoms with E-state index in [2.05, 4.69) is 0 Å². The molecule has 1 aromatic heterocycles. The normalized spacial score (nSPS) is 11.6. The molecule has 6 heteroatoms. The van der Waals surface area contributed by atoms with Gasteiger partial charge in [-0.2, -0.15) is 0 Å². The molecule has 0 atom stereocenters. The second-order valence-corrected chi connectivity index (χ2v) is 4.64. The lowest BCUT2D eigenvalue weighted by Gasteiger charge is -2.06. The molecule has 0 aliphatic rings. The van der Waals surface area contributed by atoms with Gasteiger partial charge in [-0.15, -0.1) is 0 Å². The van der Waals surface area contributed by atoms with E-state index in [1.54, 1.807) is 29.0 Å². The van der Waals surface area contributed by atoms with E-state index in [0.717, 1.165) is 5.69 Å². The average molecular weight is 231 g/mol. The van der Waals surface area contributed by atoms with Crippen LogP contribution in [0, 0.1) is 0 Å². The summed E-state index contributed by atoms with van der Waals surface area (Å²) in [5.41, 5.74) is 0.728. The molecule has 0 saturated heterocycles. The largest absolute Gasteiger partial charge is 0.748 e. The van der Waals surface area contributed by atoms with Crippen LogP contribution in [-0.4, -0.2) is 30.4 Å². The Kier molecular flexibility index (Phi) is 4.19. The Morgan fingerprint density at radius 1 is 1.40 bits per heavy atom. The molecule has 1 rings (SSSR count). The summed E-state index contributed by atoms with van der Waals surface area (Å²) in [7, 11) is -4.18. The summed E-state index contributed by atoms with van der Waals surface area (Å²) in [5, 5.41) is 8.77. The van der Waals surface area contributed by atoms with Crippen LogP contribution in [0.4, 0.5) is 0 Å². The Hall–Kier alpha value is -0.980. The summed E-state index contributed by atoms with van der Waals surface area (Å²) < 4.78 is 33.1. The van der Waals surface area contributed by atoms with Crippen molar-refractivity contribution < 1.29 is 22.6 Å². The Labute approximate surface area is 88.7 Å². The summed E-state index contributed by atoms with van der Waals surface area (Å²) >= 11 is 0. The number of hydrogen-bond acceptors (Lipinski definition) is 4. The SMILES string of the molecule is O=S(=O)([O-])CCc1cccc[n+]1CCO. The maximum absolute atomic E-state index is 10.5. The Morgan fingerprint density at radius 3 is 2.73 bits per heavy atom. The second kappa shape index (κ2) is 5.20. The molecule has 0 amide bonds. The quantitative estimate of drug-likeness (QED) is 0.523. The standard InChI is InChI=1S/C9H13NO4S/c11-7-6-10-5-2-1-3-9(10)4-8-15(12,13)14/h1-3,5,11H,4,6-8H2. The monoisotopic (exact) mass is 231 g/mol. The first kappa shape index (κ1) is 12.1. The number of aliphatic hydroxyl groups excluding tert-OH is 1.